The van der Waals surface area contributed by atoms with Crippen LogP contribution in [0.3, 0.4) is 0 Å². The zero-order chi connectivity index (χ0) is 15.7. The summed E-state index contributed by atoms with van der Waals surface area (Å²) in [6, 6.07) is 6.89. The summed E-state index contributed by atoms with van der Waals surface area (Å²) >= 11 is 0. The molecule has 1 atom stereocenters. The van der Waals surface area contributed by atoms with Crippen LogP contribution in [0, 0.1) is 0 Å². The molecule has 2 aliphatic rings. The number of fused-ring (bicyclic) bond motifs is 1. The number of benzene rings is 1. The summed E-state index contributed by atoms with van der Waals surface area (Å²) < 4.78 is 5.53. The number of amides is 1. The van der Waals surface area contributed by atoms with Gasteiger partial charge in [-0.1, -0.05) is 12.1 Å². The predicted molar refractivity (Wildman–Crippen MR) is 88.5 cm³/mol. The molecule has 0 saturated carbocycles. The van der Waals surface area contributed by atoms with E-state index in [4.69, 9.17) is 4.74 Å². The number of carbonyl (C=O) groups is 1. The van der Waals surface area contributed by atoms with Gasteiger partial charge < -0.3 is 10.1 Å². The zero-order valence-corrected chi connectivity index (χ0v) is 13.8. The van der Waals surface area contributed by atoms with E-state index < -0.39 is 5.60 Å². The van der Waals surface area contributed by atoms with E-state index >= 15 is 0 Å². The van der Waals surface area contributed by atoms with Crippen LogP contribution >= 0.6 is 0 Å². The van der Waals surface area contributed by atoms with Crippen LogP contribution in [-0.2, 0) is 17.6 Å². The Kier molecular flexibility index (Phi) is 4.13. The molecule has 1 aromatic rings. The smallest absolute Gasteiger partial charge is 0.414 e. The van der Waals surface area contributed by atoms with Crippen LogP contribution in [-0.4, -0.2) is 30.8 Å². The van der Waals surface area contributed by atoms with Crippen molar-refractivity contribution in [3.8, 4) is 0 Å². The molecule has 2 aliphatic heterocycles. The van der Waals surface area contributed by atoms with Gasteiger partial charge in [-0.15, -0.1) is 0 Å². The molecule has 120 valence electrons. The fraction of sp³-hybridized carbons (Fsp3) is 0.611. The van der Waals surface area contributed by atoms with Gasteiger partial charge in [0.25, 0.3) is 0 Å². The molecule has 0 aliphatic carbocycles. The molecule has 0 bridgehead atoms. The number of hydrogen-bond acceptors (Lipinski definition) is 3. The van der Waals surface area contributed by atoms with Gasteiger partial charge >= 0.3 is 6.09 Å². The Bertz CT molecular complexity index is 557. The molecule has 4 heteroatoms. The summed E-state index contributed by atoms with van der Waals surface area (Å²) in [6.07, 6.45) is 4.27. The second-order valence-corrected chi connectivity index (χ2v) is 7.29. The fourth-order valence-corrected chi connectivity index (χ4v) is 3.40. The predicted octanol–water partition coefficient (Wildman–Crippen LogP) is 3.28. The molecule has 22 heavy (non-hydrogen) atoms. The molecule has 0 spiro atoms. The van der Waals surface area contributed by atoms with Gasteiger partial charge in [-0.3, -0.25) is 4.90 Å². The van der Waals surface area contributed by atoms with Gasteiger partial charge in [0, 0.05) is 12.6 Å². The van der Waals surface area contributed by atoms with E-state index in [0.717, 1.165) is 31.6 Å². The van der Waals surface area contributed by atoms with Crippen molar-refractivity contribution in [1.82, 2.24) is 5.32 Å². The van der Waals surface area contributed by atoms with Gasteiger partial charge in [-0.25, -0.2) is 4.79 Å². The monoisotopic (exact) mass is 302 g/mol. The number of nitrogens with zero attached hydrogens (tertiary/aromatic N) is 1. The highest BCUT2D eigenvalue weighted by atomic mass is 16.6. The highest BCUT2D eigenvalue weighted by Gasteiger charge is 2.30. The Morgan fingerprint density at radius 3 is 2.91 bits per heavy atom. The first-order valence-corrected chi connectivity index (χ1v) is 8.29. The van der Waals surface area contributed by atoms with E-state index in [-0.39, 0.29) is 6.09 Å². The largest absolute Gasteiger partial charge is 0.443 e. The SMILES string of the molecule is CC(C)(C)OC(=O)N1CCc2c(CC3CCCN3)cccc21. The van der Waals surface area contributed by atoms with Gasteiger partial charge in [-0.2, -0.15) is 0 Å². The summed E-state index contributed by atoms with van der Waals surface area (Å²) in [6.45, 7) is 7.57. The first kappa shape index (κ1) is 15.3. The molecular weight excluding hydrogens is 276 g/mol. The first-order chi connectivity index (χ1) is 10.4. The van der Waals surface area contributed by atoms with Crippen LogP contribution in [0.4, 0.5) is 10.5 Å². The maximum Gasteiger partial charge on any atom is 0.414 e. The van der Waals surface area contributed by atoms with Gasteiger partial charge in [0.2, 0.25) is 0 Å². The average Bonchev–Trinajstić information content (AvgIpc) is 3.05. The van der Waals surface area contributed by atoms with Crippen LogP contribution in [0.2, 0.25) is 0 Å². The molecule has 1 aromatic carbocycles. The first-order valence-electron chi connectivity index (χ1n) is 8.29. The number of rotatable bonds is 2. The van der Waals surface area contributed by atoms with Crippen molar-refractivity contribution in [2.24, 2.45) is 0 Å². The van der Waals surface area contributed by atoms with Crippen molar-refractivity contribution >= 4 is 11.8 Å². The molecule has 1 fully saturated rings. The number of ether oxygens (including phenoxy) is 1. The maximum atomic E-state index is 12.4. The maximum absolute atomic E-state index is 12.4. The molecule has 0 aromatic heterocycles. The van der Waals surface area contributed by atoms with E-state index in [0.29, 0.717) is 6.04 Å². The number of nitrogens with one attached hydrogen (secondary N) is 1. The third-order valence-electron chi connectivity index (χ3n) is 4.37. The van der Waals surface area contributed by atoms with Crippen molar-refractivity contribution in [2.45, 2.75) is 58.1 Å². The van der Waals surface area contributed by atoms with E-state index in [1.54, 1.807) is 4.90 Å². The van der Waals surface area contributed by atoms with Crippen molar-refractivity contribution in [3.05, 3.63) is 29.3 Å². The third-order valence-corrected chi connectivity index (χ3v) is 4.37. The van der Waals surface area contributed by atoms with Gasteiger partial charge in [0.15, 0.2) is 0 Å². The Morgan fingerprint density at radius 2 is 2.23 bits per heavy atom. The normalized spacial score (nSPS) is 21.0. The lowest BCUT2D eigenvalue weighted by molar-refractivity contribution is 0.0584. The lowest BCUT2D eigenvalue weighted by Gasteiger charge is -2.25. The Hall–Kier alpha value is -1.55. The van der Waals surface area contributed by atoms with E-state index in [1.165, 1.54) is 24.0 Å². The second kappa shape index (κ2) is 5.92. The van der Waals surface area contributed by atoms with E-state index in [9.17, 15) is 4.79 Å². The van der Waals surface area contributed by atoms with Crippen molar-refractivity contribution < 1.29 is 9.53 Å². The van der Waals surface area contributed by atoms with Crippen LogP contribution in [0.15, 0.2) is 18.2 Å². The van der Waals surface area contributed by atoms with Crippen molar-refractivity contribution in [3.63, 3.8) is 0 Å². The quantitative estimate of drug-likeness (QED) is 0.911. The molecule has 1 unspecified atom stereocenters. The van der Waals surface area contributed by atoms with Crippen LogP contribution in [0.1, 0.15) is 44.7 Å². The van der Waals surface area contributed by atoms with Gasteiger partial charge in [0.05, 0.1) is 5.69 Å². The Balaban J connectivity index is 1.78. The molecule has 0 radical (unpaired) electrons. The second-order valence-electron chi connectivity index (χ2n) is 7.29. The topological polar surface area (TPSA) is 41.6 Å². The van der Waals surface area contributed by atoms with Crippen LogP contribution in [0.25, 0.3) is 0 Å². The number of anilines is 1. The molecule has 1 saturated heterocycles. The lowest BCUT2D eigenvalue weighted by Crippen LogP contribution is -2.35. The Labute approximate surface area is 132 Å². The van der Waals surface area contributed by atoms with Crippen LogP contribution < -0.4 is 10.2 Å². The molecule has 4 nitrogen and oxygen atoms in total. The summed E-state index contributed by atoms with van der Waals surface area (Å²) in [5.74, 6) is 0. The Morgan fingerprint density at radius 1 is 1.41 bits per heavy atom. The molecule has 1 N–H and O–H groups in total. The number of hydrogen-bond donors (Lipinski definition) is 1. The summed E-state index contributed by atoms with van der Waals surface area (Å²) in [5.41, 5.74) is 3.28. The molecule has 3 rings (SSSR count). The minimum Gasteiger partial charge on any atom is -0.443 e. The van der Waals surface area contributed by atoms with Gasteiger partial charge in [0.1, 0.15) is 5.60 Å². The minimum atomic E-state index is -0.453. The van der Waals surface area contributed by atoms with E-state index in [2.05, 4.69) is 17.4 Å². The van der Waals surface area contributed by atoms with Crippen LogP contribution in [0.5, 0.6) is 0 Å². The summed E-state index contributed by atoms with van der Waals surface area (Å²) in [7, 11) is 0. The summed E-state index contributed by atoms with van der Waals surface area (Å²) in [5, 5.41) is 3.56. The molecule has 1 amide bonds. The van der Waals surface area contributed by atoms with Crippen molar-refractivity contribution in [1.29, 1.82) is 0 Å². The zero-order valence-electron chi connectivity index (χ0n) is 13.8. The highest BCUT2D eigenvalue weighted by Crippen LogP contribution is 2.33. The van der Waals surface area contributed by atoms with Gasteiger partial charge in [-0.05, 0) is 70.2 Å². The molecular formula is C18H26N2O2. The fourth-order valence-electron chi connectivity index (χ4n) is 3.40. The third kappa shape index (κ3) is 3.27. The highest BCUT2D eigenvalue weighted by molar-refractivity contribution is 5.90. The lowest BCUT2D eigenvalue weighted by atomic mass is 9.98. The number of carbonyl (C=O) groups excluding carboxylic acids is 1. The molecule has 2 heterocycles. The standard InChI is InChI=1S/C18H26N2O2/c1-18(2,3)22-17(21)20-11-9-15-13(6-4-8-16(15)20)12-14-7-5-10-19-14/h4,6,8,14,19H,5,7,9-12H2,1-3H3. The minimum absolute atomic E-state index is 0.234. The van der Waals surface area contributed by atoms with E-state index in [1.807, 2.05) is 26.8 Å². The van der Waals surface area contributed by atoms with Crippen molar-refractivity contribution in [2.75, 3.05) is 18.0 Å². The summed E-state index contributed by atoms with van der Waals surface area (Å²) in [4.78, 5) is 14.2. The average molecular weight is 302 g/mol.